The normalized spacial score (nSPS) is 16.9. The van der Waals surface area contributed by atoms with Gasteiger partial charge in [-0.25, -0.2) is 0 Å². The maximum Gasteiger partial charge on any atom is 0.252 e. The number of carbonyl (C=O) groups excluding carboxylic acids is 1. The first-order valence-electron chi connectivity index (χ1n) is 6.48. The largest absolute Gasteiger partial charge is 0.507 e. The summed E-state index contributed by atoms with van der Waals surface area (Å²) in [4.78, 5) is 11.3. The zero-order chi connectivity index (χ0) is 14.3. The summed E-state index contributed by atoms with van der Waals surface area (Å²) in [5.74, 6) is -0.575. The molecule has 4 heteroatoms. The van der Waals surface area contributed by atoms with E-state index in [0.717, 1.165) is 24.0 Å². The fraction of sp³-hybridized carbons (Fsp3) is 0.188. The molecule has 0 aliphatic heterocycles. The van der Waals surface area contributed by atoms with E-state index >= 15 is 0 Å². The Labute approximate surface area is 122 Å². The van der Waals surface area contributed by atoms with Crippen molar-refractivity contribution in [2.24, 2.45) is 5.73 Å². The third kappa shape index (κ3) is 2.04. The van der Waals surface area contributed by atoms with Crippen LogP contribution in [0.4, 0.5) is 0 Å². The van der Waals surface area contributed by atoms with Crippen molar-refractivity contribution in [3.05, 3.63) is 63.7 Å². The molecule has 0 fully saturated rings. The van der Waals surface area contributed by atoms with Gasteiger partial charge in [0.25, 0.3) is 5.91 Å². The van der Waals surface area contributed by atoms with E-state index < -0.39 is 5.91 Å². The number of para-hydroxylation sites is 1. The van der Waals surface area contributed by atoms with Crippen molar-refractivity contribution < 1.29 is 9.90 Å². The minimum Gasteiger partial charge on any atom is -0.507 e. The van der Waals surface area contributed by atoms with E-state index in [1.54, 1.807) is 6.07 Å². The van der Waals surface area contributed by atoms with Gasteiger partial charge in [0, 0.05) is 16.5 Å². The molecule has 102 valence electrons. The second-order valence-electron chi connectivity index (χ2n) is 5.04. The van der Waals surface area contributed by atoms with Gasteiger partial charge >= 0.3 is 0 Å². The number of benzene rings is 2. The standard InChI is InChI=1S/C16H14ClNO2/c17-10-6-4-9-5-7-11(14(9)8-10)12-2-1-3-13(15(12)19)16(18)20/h1-4,6,8,11,19H,5,7H2,(H2,18,20)/t11-/m0/s1. The van der Waals surface area contributed by atoms with Gasteiger partial charge in [-0.3, -0.25) is 4.79 Å². The van der Waals surface area contributed by atoms with Gasteiger partial charge in [-0.2, -0.15) is 0 Å². The smallest absolute Gasteiger partial charge is 0.252 e. The van der Waals surface area contributed by atoms with Crippen LogP contribution in [0.5, 0.6) is 5.75 Å². The molecule has 0 unspecified atom stereocenters. The number of halogens is 1. The Morgan fingerprint density at radius 3 is 2.80 bits per heavy atom. The van der Waals surface area contributed by atoms with Crippen molar-refractivity contribution >= 4 is 17.5 Å². The van der Waals surface area contributed by atoms with E-state index in [2.05, 4.69) is 0 Å². The number of nitrogens with two attached hydrogens (primary N) is 1. The van der Waals surface area contributed by atoms with Crippen LogP contribution < -0.4 is 5.73 Å². The first kappa shape index (κ1) is 13.0. The third-order valence-corrected chi connectivity index (χ3v) is 4.13. The lowest BCUT2D eigenvalue weighted by Gasteiger charge is -2.15. The molecule has 0 aromatic heterocycles. The second-order valence-corrected chi connectivity index (χ2v) is 5.48. The zero-order valence-electron chi connectivity index (χ0n) is 10.8. The van der Waals surface area contributed by atoms with E-state index in [-0.39, 0.29) is 17.2 Å². The molecule has 1 aliphatic carbocycles. The molecule has 20 heavy (non-hydrogen) atoms. The van der Waals surface area contributed by atoms with Crippen LogP contribution in [0, 0.1) is 0 Å². The van der Waals surface area contributed by atoms with Crippen LogP contribution in [0.1, 0.15) is 39.4 Å². The van der Waals surface area contributed by atoms with Crippen LogP contribution in [0.3, 0.4) is 0 Å². The van der Waals surface area contributed by atoms with Crippen LogP contribution in [0.2, 0.25) is 5.02 Å². The summed E-state index contributed by atoms with van der Waals surface area (Å²) in [7, 11) is 0. The summed E-state index contributed by atoms with van der Waals surface area (Å²) in [6, 6.07) is 11.0. The van der Waals surface area contributed by atoms with Gasteiger partial charge in [0.05, 0.1) is 5.56 Å². The number of rotatable bonds is 2. The Morgan fingerprint density at radius 2 is 2.05 bits per heavy atom. The highest BCUT2D eigenvalue weighted by atomic mass is 35.5. The number of carbonyl (C=O) groups is 1. The van der Waals surface area contributed by atoms with E-state index in [1.165, 1.54) is 11.6 Å². The number of fused-ring (bicyclic) bond motifs is 1. The van der Waals surface area contributed by atoms with Gasteiger partial charge in [0.1, 0.15) is 5.75 Å². The SMILES string of the molecule is NC(=O)c1cccc([C@@H]2CCc3ccc(Cl)cc32)c1O. The zero-order valence-corrected chi connectivity index (χ0v) is 11.5. The Morgan fingerprint density at radius 1 is 1.25 bits per heavy atom. The van der Waals surface area contributed by atoms with Crippen molar-refractivity contribution in [2.45, 2.75) is 18.8 Å². The molecular formula is C16H14ClNO2. The van der Waals surface area contributed by atoms with Crippen molar-refractivity contribution in [1.29, 1.82) is 0 Å². The maximum atomic E-state index is 11.3. The molecule has 3 nitrogen and oxygen atoms in total. The van der Waals surface area contributed by atoms with E-state index in [0.29, 0.717) is 5.02 Å². The van der Waals surface area contributed by atoms with Gasteiger partial charge in [0.2, 0.25) is 0 Å². The molecule has 3 N–H and O–H groups in total. The summed E-state index contributed by atoms with van der Waals surface area (Å²) in [5, 5.41) is 11.0. The van der Waals surface area contributed by atoms with Gasteiger partial charge in [-0.1, -0.05) is 29.8 Å². The molecule has 1 atom stereocenters. The number of hydrogen-bond acceptors (Lipinski definition) is 2. The highest BCUT2D eigenvalue weighted by molar-refractivity contribution is 6.30. The quantitative estimate of drug-likeness (QED) is 0.891. The van der Waals surface area contributed by atoms with Crippen LogP contribution in [0.15, 0.2) is 36.4 Å². The number of amides is 1. The number of phenols is 1. The average molecular weight is 288 g/mol. The van der Waals surface area contributed by atoms with Crippen LogP contribution >= 0.6 is 11.6 Å². The number of aromatic hydroxyl groups is 1. The van der Waals surface area contributed by atoms with Crippen molar-refractivity contribution in [1.82, 2.24) is 0 Å². The molecule has 1 aliphatic rings. The fourth-order valence-corrected chi connectivity index (χ4v) is 3.12. The van der Waals surface area contributed by atoms with Crippen LogP contribution in [-0.4, -0.2) is 11.0 Å². The molecule has 3 rings (SSSR count). The summed E-state index contributed by atoms with van der Waals surface area (Å²) in [6.07, 6.45) is 1.84. The Kier molecular flexibility index (Phi) is 3.14. The fourth-order valence-electron chi connectivity index (χ4n) is 2.94. The van der Waals surface area contributed by atoms with Crippen LogP contribution in [-0.2, 0) is 6.42 Å². The highest BCUT2D eigenvalue weighted by Crippen LogP contribution is 2.43. The second kappa shape index (κ2) is 4.84. The summed E-state index contributed by atoms with van der Waals surface area (Å²) >= 11 is 6.06. The minimum absolute atomic E-state index is 0.0159. The summed E-state index contributed by atoms with van der Waals surface area (Å²) in [5.41, 5.74) is 8.54. The molecule has 0 heterocycles. The van der Waals surface area contributed by atoms with Gasteiger partial charge in [-0.15, -0.1) is 0 Å². The third-order valence-electron chi connectivity index (χ3n) is 3.89. The predicted molar refractivity (Wildman–Crippen MR) is 78.2 cm³/mol. The molecule has 1 amide bonds. The van der Waals surface area contributed by atoms with Crippen molar-refractivity contribution in [3.63, 3.8) is 0 Å². The topological polar surface area (TPSA) is 63.3 Å². The monoisotopic (exact) mass is 287 g/mol. The van der Waals surface area contributed by atoms with Gasteiger partial charge in [0.15, 0.2) is 0 Å². The van der Waals surface area contributed by atoms with Gasteiger partial charge < -0.3 is 10.8 Å². The number of aryl methyl sites for hydroxylation is 1. The highest BCUT2D eigenvalue weighted by Gasteiger charge is 2.27. The molecule has 0 spiro atoms. The minimum atomic E-state index is -0.617. The van der Waals surface area contributed by atoms with Crippen molar-refractivity contribution in [3.8, 4) is 5.75 Å². The Bertz CT molecular complexity index is 697. The molecule has 2 aromatic carbocycles. The van der Waals surface area contributed by atoms with Crippen molar-refractivity contribution in [2.75, 3.05) is 0 Å². The molecule has 0 saturated carbocycles. The average Bonchev–Trinajstić information content (AvgIpc) is 2.81. The molecule has 0 saturated heterocycles. The molecular weight excluding hydrogens is 274 g/mol. The lowest BCUT2D eigenvalue weighted by atomic mass is 9.91. The Hall–Kier alpha value is -2.00. The lowest BCUT2D eigenvalue weighted by molar-refractivity contribution is 0.0997. The van der Waals surface area contributed by atoms with Crippen LogP contribution in [0.25, 0.3) is 0 Å². The van der Waals surface area contributed by atoms with E-state index in [4.69, 9.17) is 17.3 Å². The predicted octanol–water partition coefficient (Wildman–Crippen LogP) is 3.22. The Balaban J connectivity index is 2.11. The summed E-state index contributed by atoms with van der Waals surface area (Å²) < 4.78 is 0. The van der Waals surface area contributed by atoms with E-state index in [1.807, 2.05) is 24.3 Å². The first-order chi connectivity index (χ1) is 9.58. The maximum absolute atomic E-state index is 11.3. The first-order valence-corrected chi connectivity index (χ1v) is 6.85. The molecule has 0 radical (unpaired) electrons. The van der Waals surface area contributed by atoms with Gasteiger partial charge in [-0.05, 0) is 42.2 Å². The number of hydrogen-bond donors (Lipinski definition) is 2. The van der Waals surface area contributed by atoms with E-state index in [9.17, 15) is 9.90 Å². The number of primary amides is 1. The summed E-state index contributed by atoms with van der Waals surface area (Å²) in [6.45, 7) is 0. The molecule has 2 aromatic rings. The molecule has 0 bridgehead atoms. The lowest BCUT2D eigenvalue weighted by Crippen LogP contribution is -2.12.